The van der Waals surface area contributed by atoms with Crippen molar-refractivity contribution in [2.45, 2.75) is 44.6 Å². The molecule has 4 rings (SSSR count). The van der Waals surface area contributed by atoms with Gasteiger partial charge in [-0.15, -0.1) is 0 Å². The fourth-order valence-electron chi connectivity index (χ4n) is 4.17. The summed E-state index contributed by atoms with van der Waals surface area (Å²) >= 11 is 0. The molecule has 0 bridgehead atoms. The second-order valence-corrected chi connectivity index (χ2v) is 7.36. The van der Waals surface area contributed by atoms with E-state index < -0.39 is 5.97 Å². The van der Waals surface area contributed by atoms with Gasteiger partial charge in [-0.1, -0.05) is 12.5 Å². The highest BCUT2D eigenvalue weighted by Crippen LogP contribution is 2.37. The normalized spacial score (nSPS) is 20.9. The number of piperidine rings is 1. The van der Waals surface area contributed by atoms with Crippen LogP contribution in [-0.4, -0.2) is 45.9 Å². The number of carboxylic acids is 1. The maximum Gasteiger partial charge on any atom is 0.335 e. The second-order valence-electron chi connectivity index (χ2n) is 7.36. The zero-order valence-electron chi connectivity index (χ0n) is 15.2. The number of nitrogens with zero attached hydrogens (tertiary/aromatic N) is 3. The van der Waals surface area contributed by atoms with E-state index in [0.29, 0.717) is 6.04 Å². The Bertz CT molecular complexity index is 814. The molecule has 1 fully saturated rings. The topological polar surface area (TPSA) is 70.4 Å². The first-order valence-electron chi connectivity index (χ1n) is 9.55. The summed E-state index contributed by atoms with van der Waals surface area (Å²) in [7, 11) is 2.18. The fraction of sp³-hybridized carbons (Fsp3) is 0.500. The van der Waals surface area contributed by atoms with Crippen molar-refractivity contribution >= 4 is 11.8 Å². The minimum absolute atomic E-state index is 0.289. The van der Waals surface area contributed by atoms with Crippen LogP contribution < -0.4 is 5.32 Å². The third-order valence-corrected chi connectivity index (χ3v) is 5.58. The van der Waals surface area contributed by atoms with E-state index in [1.807, 2.05) is 10.7 Å². The van der Waals surface area contributed by atoms with Gasteiger partial charge in [0.15, 0.2) is 0 Å². The van der Waals surface area contributed by atoms with Gasteiger partial charge < -0.3 is 10.4 Å². The average Bonchev–Trinajstić information content (AvgIpc) is 2.83. The molecule has 1 saturated heterocycles. The molecule has 1 aromatic heterocycles. The molecule has 6 heteroatoms. The van der Waals surface area contributed by atoms with Crippen molar-refractivity contribution in [2.24, 2.45) is 0 Å². The summed E-state index contributed by atoms with van der Waals surface area (Å²) in [5.41, 5.74) is 3.57. The van der Waals surface area contributed by atoms with Crippen LogP contribution in [0, 0.1) is 0 Å². The number of rotatable bonds is 3. The number of hydrogen-bond donors (Lipinski definition) is 2. The van der Waals surface area contributed by atoms with Crippen molar-refractivity contribution in [1.29, 1.82) is 0 Å². The zero-order valence-corrected chi connectivity index (χ0v) is 15.2. The van der Waals surface area contributed by atoms with Crippen molar-refractivity contribution in [2.75, 3.05) is 25.5 Å². The second kappa shape index (κ2) is 7.11. The SMILES string of the molecule is CN1CCCCC1c1nn(-c2cccc(C(=O)O)c2)c2c1CCCCN2. The van der Waals surface area contributed by atoms with Gasteiger partial charge in [0.2, 0.25) is 0 Å². The molecule has 2 aliphatic heterocycles. The van der Waals surface area contributed by atoms with Crippen molar-refractivity contribution in [3.8, 4) is 5.69 Å². The summed E-state index contributed by atoms with van der Waals surface area (Å²) in [5, 5.41) is 17.9. The van der Waals surface area contributed by atoms with Crippen LogP contribution in [0.15, 0.2) is 24.3 Å². The van der Waals surface area contributed by atoms with Gasteiger partial charge in [0.1, 0.15) is 5.82 Å². The molecule has 1 atom stereocenters. The number of nitrogens with one attached hydrogen (secondary N) is 1. The van der Waals surface area contributed by atoms with Crippen LogP contribution in [0.4, 0.5) is 5.82 Å². The molecule has 2 aliphatic rings. The quantitative estimate of drug-likeness (QED) is 0.883. The van der Waals surface area contributed by atoms with Gasteiger partial charge in [-0.25, -0.2) is 9.48 Å². The number of carbonyl (C=O) groups is 1. The Kier molecular flexibility index (Phi) is 4.68. The van der Waals surface area contributed by atoms with Gasteiger partial charge in [0.05, 0.1) is 23.0 Å². The molecular formula is C20H26N4O2. The molecule has 1 aromatic carbocycles. The van der Waals surface area contributed by atoms with Crippen LogP contribution in [0.1, 0.15) is 59.8 Å². The number of benzene rings is 1. The lowest BCUT2D eigenvalue weighted by molar-refractivity contribution is 0.0697. The summed E-state index contributed by atoms with van der Waals surface area (Å²) in [6.45, 7) is 2.03. The van der Waals surface area contributed by atoms with Gasteiger partial charge in [0.25, 0.3) is 0 Å². The minimum Gasteiger partial charge on any atom is -0.478 e. The molecule has 0 saturated carbocycles. The van der Waals surface area contributed by atoms with Crippen molar-refractivity contribution < 1.29 is 9.90 Å². The Morgan fingerprint density at radius 3 is 2.96 bits per heavy atom. The Morgan fingerprint density at radius 2 is 2.15 bits per heavy atom. The predicted octanol–water partition coefficient (Wildman–Crippen LogP) is 3.48. The van der Waals surface area contributed by atoms with E-state index in [-0.39, 0.29) is 5.56 Å². The van der Waals surface area contributed by atoms with Crippen LogP contribution in [0.5, 0.6) is 0 Å². The van der Waals surface area contributed by atoms with Crippen LogP contribution >= 0.6 is 0 Å². The summed E-state index contributed by atoms with van der Waals surface area (Å²) < 4.78 is 1.92. The van der Waals surface area contributed by atoms with Gasteiger partial charge in [-0.3, -0.25) is 4.90 Å². The highest BCUT2D eigenvalue weighted by atomic mass is 16.4. The van der Waals surface area contributed by atoms with E-state index >= 15 is 0 Å². The first-order chi connectivity index (χ1) is 12.6. The van der Waals surface area contributed by atoms with Crippen molar-refractivity contribution in [1.82, 2.24) is 14.7 Å². The lowest BCUT2D eigenvalue weighted by Gasteiger charge is -2.31. The Balaban J connectivity index is 1.82. The predicted molar refractivity (Wildman–Crippen MR) is 101 cm³/mol. The van der Waals surface area contributed by atoms with E-state index in [2.05, 4.69) is 17.3 Å². The lowest BCUT2D eigenvalue weighted by Crippen LogP contribution is -2.30. The largest absolute Gasteiger partial charge is 0.478 e. The van der Waals surface area contributed by atoms with Crippen molar-refractivity contribution in [3.05, 3.63) is 41.1 Å². The summed E-state index contributed by atoms with van der Waals surface area (Å²) in [4.78, 5) is 13.8. The highest BCUT2D eigenvalue weighted by molar-refractivity contribution is 5.88. The lowest BCUT2D eigenvalue weighted by atomic mass is 9.96. The molecule has 3 heterocycles. The van der Waals surface area contributed by atoms with E-state index in [0.717, 1.165) is 56.0 Å². The number of aromatic nitrogens is 2. The van der Waals surface area contributed by atoms with E-state index in [4.69, 9.17) is 5.10 Å². The first kappa shape index (κ1) is 17.1. The minimum atomic E-state index is -0.912. The molecule has 138 valence electrons. The standard InChI is InChI=1S/C20H26N4O2/c1-23-12-5-3-10-17(23)18-16-9-2-4-11-21-19(16)24(22-18)15-8-6-7-14(13-15)20(25)26/h6-8,13,17,21H,2-5,9-12H2,1H3,(H,25,26). The van der Waals surface area contributed by atoms with Gasteiger partial charge in [-0.2, -0.15) is 5.10 Å². The van der Waals surface area contributed by atoms with Crippen LogP contribution in [0.25, 0.3) is 5.69 Å². The van der Waals surface area contributed by atoms with Crippen molar-refractivity contribution in [3.63, 3.8) is 0 Å². The fourth-order valence-corrected chi connectivity index (χ4v) is 4.17. The number of fused-ring (bicyclic) bond motifs is 1. The third-order valence-electron chi connectivity index (χ3n) is 5.58. The first-order valence-corrected chi connectivity index (χ1v) is 9.55. The van der Waals surface area contributed by atoms with E-state index in [1.54, 1.807) is 18.2 Å². The molecule has 0 amide bonds. The van der Waals surface area contributed by atoms with Gasteiger partial charge in [-0.05, 0) is 63.9 Å². The number of carboxylic acid groups (broad SMARTS) is 1. The molecular weight excluding hydrogens is 328 g/mol. The molecule has 0 spiro atoms. The van der Waals surface area contributed by atoms with Crippen LogP contribution in [0.2, 0.25) is 0 Å². The molecule has 0 radical (unpaired) electrons. The molecule has 0 aliphatic carbocycles. The maximum absolute atomic E-state index is 11.4. The zero-order chi connectivity index (χ0) is 18.1. The number of aromatic carboxylic acids is 1. The smallest absolute Gasteiger partial charge is 0.335 e. The summed E-state index contributed by atoms with van der Waals surface area (Å²) in [6.07, 6.45) is 6.94. The Labute approximate surface area is 153 Å². The summed E-state index contributed by atoms with van der Waals surface area (Å²) in [6, 6.07) is 7.39. The monoisotopic (exact) mass is 354 g/mol. The number of likely N-dealkylation sites (tertiary alicyclic amines) is 1. The van der Waals surface area contributed by atoms with Crippen LogP contribution in [0.3, 0.4) is 0 Å². The number of anilines is 1. The molecule has 6 nitrogen and oxygen atoms in total. The Morgan fingerprint density at radius 1 is 1.27 bits per heavy atom. The number of hydrogen-bond acceptors (Lipinski definition) is 4. The molecule has 26 heavy (non-hydrogen) atoms. The molecule has 2 aromatic rings. The van der Waals surface area contributed by atoms with Gasteiger partial charge >= 0.3 is 5.97 Å². The maximum atomic E-state index is 11.4. The third kappa shape index (κ3) is 3.09. The van der Waals surface area contributed by atoms with Crippen LogP contribution in [-0.2, 0) is 6.42 Å². The van der Waals surface area contributed by atoms with E-state index in [9.17, 15) is 9.90 Å². The molecule has 1 unspecified atom stereocenters. The molecule has 2 N–H and O–H groups in total. The Hall–Kier alpha value is -2.34. The van der Waals surface area contributed by atoms with E-state index in [1.165, 1.54) is 18.4 Å². The summed E-state index contributed by atoms with van der Waals surface area (Å²) in [5.74, 6) is 0.129. The van der Waals surface area contributed by atoms with Gasteiger partial charge in [0, 0.05) is 12.1 Å². The highest BCUT2D eigenvalue weighted by Gasteiger charge is 2.29. The average molecular weight is 354 g/mol.